The fourth-order valence-electron chi connectivity index (χ4n) is 1.63. The highest BCUT2D eigenvalue weighted by molar-refractivity contribution is 5.82. The first-order chi connectivity index (χ1) is 6.70. The molecule has 0 saturated carbocycles. The van der Waals surface area contributed by atoms with Crippen LogP contribution in [0.25, 0.3) is 0 Å². The summed E-state index contributed by atoms with van der Waals surface area (Å²) in [6, 6.07) is 7.67. The van der Waals surface area contributed by atoms with Crippen LogP contribution in [0.5, 0.6) is 0 Å². The maximum atomic E-state index is 11.2. The van der Waals surface area contributed by atoms with Crippen molar-refractivity contribution >= 4 is 5.91 Å². The number of benzene rings is 1. The summed E-state index contributed by atoms with van der Waals surface area (Å²) in [6.07, 6.45) is 0.715. The summed E-state index contributed by atoms with van der Waals surface area (Å²) in [5.74, 6) is -0.497. The van der Waals surface area contributed by atoms with E-state index in [4.69, 9.17) is 11.5 Å². The molecule has 3 nitrogen and oxygen atoms in total. The maximum absolute atomic E-state index is 11.2. The van der Waals surface area contributed by atoms with Gasteiger partial charge in [-0.25, -0.2) is 0 Å². The fraction of sp³-hybridized carbons (Fsp3) is 0.364. The van der Waals surface area contributed by atoms with Crippen molar-refractivity contribution < 1.29 is 4.79 Å². The Morgan fingerprint density at radius 1 is 1.43 bits per heavy atom. The minimum atomic E-state index is -0.284. The monoisotopic (exact) mass is 192 g/mol. The SMILES string of the molecule is CCC(C(N)=O)c1ccccc1CN. The van der Waals surface area contributed by atoms with E-state index in [1.807, 2.05) is 31.2 Å². The van der Waals surface area contributed by atoms with Crippen LogP contribution < -0.4 is 11.5 Å². The first kappa shape index (κ1) is 10.7. The summed E-state index contributed by atoms with van der Waals surface area (Å²) >= 11 is 0. The molecule has 0 aliphatic rings. The highest BCUT2D eigenvalue weighted by Crippen LogP contribution is 2.22. The lowest BCUT2D eigenvalue weighted by molar-refractivity contribution is -0.119. The summed E-state index contributed by atoms with van der Waals surface area (Å²) in [6.45, 7) is 2.39. The van der Waals surface area contributed by atoms with Crippen LogP contribution in [0.3, 0.4) is 0 Å². The number of hydrogen-bond acceptors (Lipinski definition) is 2. The molecule has 0 aromatic heterocycles. The van der Waals surface area contributed by atoms with Gasteiger partial charge in [0.05, 0.1) is 5.92 Å². The standard InChI is InChI=1S/C11H16N2O/c1-2-9(11(13)14)10-6-4-3-5-8(10)7-12/h3-6,9H,2,7,12H2,1H3,(H2,13,14). The van der Waals surface area contributed by atoms with E-state index >= 15 is 0 Å². The third-order valence-corrected chi connectivity index (χ3v) is 2.40. The van der Waals surface area contributed by atoms with Crippen LogP contribution in [0.2, 0.25) is 0 Å². The van der Waals surface area contributed by atoms with Crippen molar-refractivity contribution in [2.24, 2.45) is 11.5 Å². The summed E-state index contributed by atoms with van der Waals surface area (Å²) in [5.41, 5.74) is 12.9. The second-order valence-corrected chi connectivity index (χ2v) is 3.27. The molecule has 4 N–H and O–H groups in total. The molecule has 0 aliphatic heterocycles. The predicted molar refractivity (Wildman–Crippen MR) is 56.6 cm³/mol. The van der Waals surface area contributed by atoms with Crippen molar-refractivity contribution in [3.8, 4) is 0 Å². The zero-order valence-corrected chi connectivity index (χ0v) is 8.36. The molecule has 1 unspecified atom stereocenters. The highest BCUT2D eigenvalue weighted by Gasteiger charge is 2.17. The summed E-state index contributed by atoms with van der Waals surface area (Å²) < 4.78 is 0. The predicted octanol–water partition coefficient (Wildman–Crippen LogP) is 1.12. The van der Waals surface area contributed by atoms with E-state index in [0.717, 1.165) is 11.1 Å². The number of carbonyl (C=O) groups is 1. The van der Waals surface area contributed by atoms with Gasteiger partial charge >= 0.3 is 0 Å². The second-order valence-electron chi connectivity index (χ2n) is 3.27. The van der Waals surface area contributed by atoms with Gasteiger partial charge in [-0.2, -0.15) is 0 Å². The van der Waals surface area contributed by atoms with Crippen molar-refractivity contribution in [2.75, 3.05) is 0 Å². The second kappa shape index (κ2) is 4.77. The van der Waals surface area contributed by atoms with E-state index < -0.39 is 0 Å². The lowest BCUT2D eigenvalue weighted by Crippen LogP contribution is -2.22. The Morgan fingerprint density at radius 3 is 2.57 bits per heavy atom. The first-order valence-corrected chi connectivity index (χ1v) is 4.77. The van der Waals surface area contributed by atoms with Crippen LogP contribution in [0.15, 0.2) is 24.3 Å². The van der Waals surface area contributed by atoms with Crippen molar-refractivity contribution in [2.45, 2.75) is 25.8 Å². The molecular formula is C11H16N2O. The van der Waals surface area contributed by atoms with E-state index in [1.54, 1.807) is 0 Å². The Bertz CT molecular complexity index is 323. The average Bonchev–Trinajstić information content (AvgIpc) is 2.19. The molecule has 3 heteroatoms. The Labute approximate surface area is 84.1 Å². The van der Waals surface area contributed by atoms with Crippen molar-refractivity contribution in [1.82, 2.24) is 0 Å². The molecule has 1 aromatic rings. The molecule has 0 bridgehead atoms. The van der Waals surface area contributed by atoms with Crippen LogP contribution in [0.1, 0.15) is 30.4 Å². The fourth-order valence-corrected chi connectivity index (χ4v) is 1.63. The number of hydrogen-bond donors (Lipinski definition) is 2. The van der Waals surface area contributed by atoms with Crippen molar-refractivity contribution in [1.29, 1.82) is 0 Å². The number of amides is 1. The van der Waals surface area contributed by atoms with Crippen LogP contribution in [-0.4, -0.2) is 5.91 Å². The van der Waals surface area contributed by atoms with Gasteiger partial charge < -0.3 is 11.5 Å². The lowest BCUT2D eigenvalue weighted by Gasteiger charge is -2.14. The van der Waals surface area contributed by atoms with Crippen LogP contribution >= 0.6 is 0 Å². The van der Waals surface area contributed by atoms with E-state index in [1.165, 1.54) is 0 Å². The largest absolute Gasteiger partial charge is 0.369 e. The molecule has 0 spiro atoms. The Morgan fingerprint density at radius 2 is 2.07 bits per heavy atom. The molecular weight excluding hydrogens is 176 g/mol. The van der Waals surface area contributed by atoms with Gasteiger partial charge in [0, 0.05) is 6.54 Å². The van der Waals surface area contributed by atoms with E-state index in [9.17, 15) is 4.79 Å². The van der Waals surface area contributed by atoms with E-state index in [0.29, 0.717) is 13.0 Å². The zero-order valence-electron chi connectivity index (χ0n) is 8.36. The third-order valence-electron chi connectivity index (χ3n) is 2.40. The van der Waals surface area contributed by atoms with Gasteiger partial charge in [0.2, 0.25) is 5.91 Å². The zero-order chi connectivity index (χ0) is 10.6. The Balaban J connectivity index is 3.08. The maximum Gasteiger partial charge on any atom is 0.224 e. The normalized spacial score (nSPS) is 12.4. The molecule has 1 atom stereocenters. The molecule has 0 saturated heterocycles. The molecule has 1 aromatic carbocycles. The van der Waals surface area contributed by atoms with Gasteiger partial charge in [-0.1, -0.05) is 31.2 Å². The van der Waals surface area contributed by atoms with E-state index in [2.05, 4.69) is 0 Å². The van der Waals surface area contributed by atoms with E-state index in [-0.39, 0.29) is 11.8 Å². The number of rotatable bonds is 4. The third kappa shape index (κ3) is 2.12. The quantitative estimate of drug-likeness (QED) is 0.750. The van der Waals surface area contributed by atoms with Crippen molar-refractivity contribution in [3.05, 3.63) is 35.4 Å². The molecule has 0 heterocycles. The molecule has 1 rings (SSSR count). The number of carbonyl (C=O) groups excluding carboxylic acids is 1. The topological polar surface area (TPSA) is 69.1 Å². The number of nitrogens with two attached hydrogens (primary N) is 2. The minimum Gasteiger partial charge on any atom is -0.369 e. The van der Waals surface area contributed by atoms with Crippen LogP contribution in [-0.2, 0) is 11.3 Å². The highest BCUT2D eigenvalue weighted by atomic mass is 16.1. The average molecular weight is 192 g/mol. The Kier molecular flexibility index (Phi) is 3.65. The summed E-state index contributed by atoms with van der Waals surface area (Å²) in [7, 11) is 0. The molecule has 1 amide bonds. The molecule has 0 radical (unpaired) electrons. The van der Waals surface area contributed by atoms with Crippen LogP contribution in [0, 0.1) is 0 Å². The Hall–Kier alpha value is -1.35. The van der Waals surface area contributed by atoms with Gasteiger partial charge in [0.15, 0.2) is 0 Å². The van der Waals surface area contributed by atoms with Gasteiger partial charge in [-0.05, 0) is 17.5 Å². The molecule has 0 aliphatic carbocycles. The number of primary amides is 1. The van der Waals surface area contributed by atoms with Gasteiger partial charge in [0.25, 0.3) is 0 Å². The molecule has 0 fully saturated rings. The summed E-state index contributed by atoms with van der Waals surface area (Å²) in [4.78, 5) is 11.2. The first-order valence-electron chi connectivity index (χ1n) is 4.77. The minimum absolute atomic E-state index is 0.213. The lowest BCUT2D eigenvalue weighted by atomic mass is 9.91. The summed E-state index contributed by atoms with van der Waals surface area (Å²) in [5, 5.41) is 0. The molecule has 14 heavy (non-hydrogen) atoms. The van der Waals surface area contributed by atoms with Crippen LogP contribution in [0.4, 0.5) is 0 Å². The van der Waals surface area contributed by atoms with Gasteiger partial charge in [-0.3, -0.25) is 4.79 Å². The van der Waals surface area contributed by atoms with Gasteiger partial charge in [-0.15, -0.1) is 0 Å². The van der Waals surface area contributed by atoms with Crippen molar-refractivity contribution in [3.63, 3.8) is 0 Å². The molecule has 76 valence electrons. The van der Waals surface area contributed by atoms with Gasteiger partial charge in [0.1, 0.15) is 0 Å². The smallest absolute Gasteiger partial charge is 0.224 e.